The smallest absolute Gasteiger partial charge is 0.115 e. The molecule has 0 amide bonds. The number of hydrogen-bond acceptors (Lipinski definition) is 3. The summed E-state index contributed by atoms with van der Waals surface area (Å²) >= 11 is 0. The number of nitrogens with one attached hydrogen (secondary N) is 1. The van der Waals surface area contributed by atoms with Gasteiger partial charge in [0, 0.05) is 12.6 Å². The molecule has 3 nitrogen and oxygen atoms in total. The van der Waals surface area contributed by atoms with Gasteiger partial charge in [0.05, 0.1) is 0 Å². The molecule has 0 spiro atoms. The van der Waals surface area contributed by atoms with E-state index in [0.717, 1.165) is 18.9 Å². The highest BCUT2D eigenvalue weighted by Gasteiger charge is 2.19. The number of aryl methyl sites for hydroxylation is 1. The number of phenols is 1. The van der Waals surface area contributed by atoms with Crippen molar-refractivity contribution in [3.05, 3.63) is 29.8 Å². The fourth-order valence-electron chi connectivity index (χ4n) is 3.25. The Morgan fingerprint density at radius 3 is 2.71 bits per heavy atom. The van der Waals surface area contributed by atoms with E-state index in [2.05, 4.69) is 24.1 Å². The van der Waals surface area contributed by atoms with Crippen LogP contribution in [0.15, 0.2) is 24.3 Å². The summed E-state index contributed by atoms with van der Waals surface area (Å²) in [6.45, 7) is 9.35. The monoisotopic (exact) mass is 290 g/mol. The Bertz CT molecular complexity index is 398. The summed E-state index contributed by atoms with van der Waals surface area (Å²) in [5, 5.41) is 12.8. The minimum atomic E-state index is 0.354. The highest BCUT2D eigenvalue weighted by Crippen LogP contribution is 2.17. The molecule has 0 bridgehead atoms. The van der Waals surface area contributed by atoms with Crippen LogP contribution in [0.2, 0.25) is 0 Å². The van der Waals surface area contributed by atoms with Crippen molar-refractivity contribution in [3.8, 4) is 5.75 Å². The Hall–Kier alpha value is -1.06. The van der Waals surface area contributed by atoms with E-state index in [4.69, 9.17) is 0 Å². The molecule has 1 aliphatic rings. The zero-order valence-corrected chi connectivity index (χ0v) is 13.5. The second kappa shape index (κ2) is 8.40. The van der Waals surface area contributed by atoms with E-state index in [-0.39, 0.29) is 0 Å². The number of aromatic hydroxyl groups is 1. The summed E-state index contributed by atoms with van der Waals surface area (Å²) in [5.41, 5.74) is 1.31. The summed E-state index contributed by atoms with van der Waals surface area (Å²) < 4.78 is 0. The summed E-state index contributed by atoms with van der Waals surface area (Å²) in [6, 6.07) is 8.24. The predicted octanol–water partition coefficient (Wildman–Crippen LogP) is 3.03. The van der Waals surface area contributed by atoms with Gasteiger partial charge in [-0.2, -0.15) is 0 Å². The largest absolute Gasteiger partial charge is 0.508 e. The molecule has 1 fully saturated rings. The van der Waals surface area contributed by atoms with Gasteiger partial charge >= 0.3 is 0 Å². The summed E-state index contributed by atoms with van der Waals surface area (Å²) in [7, 11) is 0. The van der Waals surface area contributed by atoms with Gasteiger partial charge in [-0.05, 0) is 75.9 Å². The number of hydrogen-bond donors (Lipinski definition) is 2. The molecule has 0 aromatic heterocycles. The molecule has 1 aromatic rings. The quantitative estimate of drug-likeness (QED) is 0.810. The Morgan fingerprint density at radius 2 is 2.10 bits per heavy atom. The van der Waals surface area contributed by atoms with Crippen LogP contribution >= 0.6 is 0 Å². The van der Waals surface area contributed by atoms with Crippen LogP contribution in [0, 0.1) is 5.92 Å². The van der Waals surface area contributed by atoms with E-state index in [1.807, 2.05) is 12.1 Å². The van der Waals surface area contributed by atoms with Crippen LogP contribution in [0.3, 0.4) is 0 Å². The Balaban J connectivity index is 1.78. The first-order chi connectivity index (χ1) is 10.2. The molecular formula is C18H30N2O. The van der Waals surface area contributed by atoms with Crippen LogP contribution in [0.4, 0.5) is 0 Å². The molecule has 2 rings (SSSR count). The molecule has 2 N–H and O–H groups in total. The van der Waals surface area contributed by atoms with Crippen LogP contribution in [0.1, 0.15) is 38.7 Å². The SMILES string of the molecule is CCN(CC1CCCNC1)C(C)CCc1ccc(O)cc1. The topological polar surface area (TPSA) is 35.5 Å². The Labute approximate surface area is 129 Å². The van der Waals surface area contributed by atoms with Crippen molar-refractivity contribution < 1.29 is 5.11 Å². The van der Waals surface area contributed by atoms with Gasteiger partial charge in [0.25, 0.3) is 0 Å². The molecule has 2 unspecified atom stereocenters. The molecule has 0 aliphatic carbocycles. The maximum atomic E-state index is 9.33. The van der Waals surface area contributed by atoms with E-state index in [9.17, 15) is 5.11 Å². The average Bonchev–Trinajstić information content (AvgIpc) is 2.52. The fourth-order valence-corrected chi connectivity index (χ4v) is 3.25. The van der Waals surface area contributed by atoms with Crippen molar-refractivity contribution in [1.29, 1.82) is 0 Å². The van der Waals surface area contributed by atoms with Gasteiger partial charge in [-0.3, -0.25) is 0 Å². The van der Waals surface area contributed by atoms with Crippen molar-refractivity contribution in [3.63, 3.8) is 0 Å². The molecular weight excluding hydrogens is 260 g/mol. The van der Waals surface area contributed by atoms with Gasteiger partial charge in [0.15, 0.2) is 0 Å². The van der Waals surface area contributed by atoms with Crippen LogP contribution in [0.5, 0.6) is 5.75 Å². The minimum absolute atomic E-state index is 0.354. The second-order valence-corrected chi connectivity index (χ2v) is 6.35. The number of piperidine rings is 1. The standard InChI is InChI=1S/C18H30N2O/c1-3-20(14-17-5-4-12-19-13-17)15(2)6-7-16-8-10-18(21)11-9-16/h8-11,15,17,19,21H,3-7,12-14H2,1-2H3. The fraction of sp³-hybridized carbons (Fsp3) is 0.667. The van der Waals surface area contributed by atoms with Crippen LogP contribution in [-0.2, 0) is 6.42 Å². The van der Waals surface area contributed by atoms with Crippen molar-refractivity contribution in [1.82, 2.24) is 10.2 Å². The maximum absolute atomic E-state index is 9.33. The second-order valence-electron chi connectivity index (χ2n) is 6.35. The molecule has 1 saturated heterocycles. The highest BCUT2D eigenvalue weighted by molar-refractivity contribution is 5.25. The van der Waals surface area contributed by atoms with Crippen LogP contribution in [-0.4, -0.2) is 42.2 Å². The number of phenolic OH excluding ortho intramolecular Hbond substituents is 1. The lowest BCUT2D eigenvalue weighted by Crippen LogP contribution is -2.42. The van der Waals surface area contributed by atoms with Gasteiger partial charge in [-0.1, -0.05) is 19.1 Å². The molecule has 21 heavy (non-hydrogen) atoms. The van der Waals surface area contributed by atoms with Gasteiger partial charge in [-0.25, -0.2) is 0 Å². The first kappa shape index (κ1) is 16.3. The minimum Gasteiger partial charge on any atom is -0.508 e. The molecule has 0 radical (unpaired) electrons. The van der Waals surface area contributed by atoms with E-state index in [1.54, 1.807) is 12.1 Å². The average molecular weight is 290 g/mol. The van der Waals surface area contributed by atoms with Gasteiger partial charge < -0.3 is 15.3 Å². The Morgan fingerprint density at radius 1 is 1.33 bits per heavy atom. The zero-order valence-electron chi connectivity index (χ0n) is 13.5. The lowest BCUT2D eigenvalue weighted by molar-refractivity contribution is 0.164. The number of nitrogens with zero attached hydrogens (tertiary/aromatic N) is 1. The van der Waals surface area contributed by atoms with E-state index in [0.29, 0.717) is 11.8 Å². The molecule has 0 saturated carbocycles. The lowest BCUT2D eigenvalue weighted by Gasteiger charge is -2.33. The molecule has 3 heteroatoms. The highest BCUT2D eigenvalue weighted by atomic mass is 16.3. The first-order valence-corrected chi connectivity index (χ1v) is 8.41. The van der Waals surface area contributed by atoms with Crippen LogP contribution < -0.4 is 5.32 Å². The number of benzene rings is 1. The maximum Gasteiger partial charge on any atom is 0.115 e. The molecule has 1 aliphatic heterocycles. The first-order valence-electron chi connectivity index (χ1n) is 8.41. The summed E-state index contributed by atoms with van der Waals surface area (Å²) in [6.07, 6.45) is 4.96. The lowest BCUT2D eigenvalue weighted by atomic mass is 9.97. The van der Waals surface area contributed by atoms with Crippen molar-refractivity contribution in [2.75, 3.05) is 26.2 Å². The normalized spacial score (nSPS) is 20.6. The Kier molecular flexibility index (Phi) is 6.52. The van der Waals surface area contributed by atoms with E-state index < -0.39 is 0 Å². The molecule has 118 valence electrons. The van der Waals surface area contributed by atoms with Crippen molar-refractivity contribution in [2.24, 2.45) is 5.92 Å². The third-order valence-corrected chi connectivity index (χ3v) is 4.71. The van der Waals surface area contributed by atoms with Gasteiger partial charge in [0.1, 0.15) is 5.75 Å². The summed E-state index contributed by atoms with van der Waals surface area (Å²) in [5.74, 6) is 1.17. The summed E-state index contributed by atoms with van der Waals surface area (Å²) in [4.78, 5) is 2.62. The van der Waals surface area contributed by atoms with Gasteiger partial charge in [0.2, 0.25) is 0 Å². The van der Waals surface area contributed by atoms with Crippen molar-refractivity contribution >= 4 is 0 Å². The zero-order chi connectivity index (χ0) is 15.1. The number of rotatable bonds is 7. The third-order valence-electron chi connectivity index (χ3n) is 4.71. The van der Waals surface area contributed by atoms with E-state index in [1.165, 1.54) is 44.5 Å². The molecule has 1 aromatic carbocycles. The third kappa shape index (κ3) is 5.33. The van der Waals surface area contributed by atoms with E-state index >= 15 is 0 Å². The predicted molar refractivity (Wildman–Crippen MR) is 88.7 cm³/mol. The molecule has 1 heterocycles. The molecule has 2 atom stereocenters. The van der Waals surface area contributed by atoms with Crippen molar-refractivity contribution in [2.45, 2.75) is 45.6 Å². The van der Waals surface area contributed by atoms with Gasteiger partial charge in [-0.15, -0.1) is 0 Å². The van der Waals surface area contributed by atoms with Crippen LogP contribution in [0.25, 0.3) is 0 Å².